The first-order valence-electron chi connectivity index (χ1n) is 8.72. The minimum Gasteiger partial charge on any atom is -0.870 e. The Bertz CT molecular complexity index is 891. The first kappa shape index (κ1) is 20.0. The van der Waals surface area contributed by atoms with Crippen LogP contribution in [0.15, 0.2) is 28.7 Å². The van der Waals surface area contributed by atoms with Crippen molar-refractivity contribution in [3.05, 3.63) is 28.8 Å². The Balaban J connectivity index is 1.87. The molecule has 9 heteroatoms. The molecule has 0 aromatic heterocycles. The molecule has 2 amide bonds. The fourth-order valence-corrected chi connectivity index (χ4v) is 5.56. The summed E-state index contributed by atoms with van der Waals surface area (Å²) >= 11 is 6.06. The molecule has 2 atom stereocenters. The number of carbonyl (C=O) groups is 1. The second kappa shape index (κ2) is 7.33. The number of anilines is 1. The summed E-state index contributed by atoms with van der Waals surface area (Å²) in [6, 6.07) is 1.97. The fraction of sp³-hybridized carbons (Fsp3) is 0.500. The molecule has 1 aromatic carbocycles. The summed E-state index contributed by atoms with van der Waals surface area (Å²) in [5.74, 6) is -0.815. The van der Waals surface area contributed by atoms with E-state index in [1.54, 1.807) is 0 Å². The second-order valence-electron chi connectivity index (χ2n) is 7.19. The van der Waals surface area contributed by atoms with Crippen LogP contribution in [0.5, 0.6) is 5.75 Å². The number of benzene rings is 1. The SMILES string of the molecule is CC1=CCC[C@H]1NC(=O)Nc1ccc(Cl)c(S(=O)(=O)[C@@]2(C)CCOC2)c1[O-]. The van der Waals surface area contributed by atoms with Crippen LogP contribution in [0.1, 0.15) is 33.1 Å². The van der Waals surface area contributed by atoms with Crippen LogP contribution in [-0.2, 0) is 14.6 Å². The van der Waals surface area contributed by atoms with E-state index in [1.165, 1.54) is 19.1 Å². The van der Waals surface area contributed by atoms with E-state index in [4.69, 9.17) is 16.3 Å². The zero-order valence-electron chi connectivity index (χ0n) is 15.2. The summed E-state index contributed by atoms with van der Waals surface area (Å²) in [4.78, 5) is 11.7. The molecule has 7 nitrogen and oxygen atoms in total. The van der Waals surface area contributed by atoms with E-state index in [0.717, 1.165) is 18.4 Å². The van der Waals surface area contributed by atoms with E-state index in [-0.39, 0.29) is 29.8 Å². The number of nitrogens with one attached hydrogen (secondary N) is 2. The van der Waals surface area contributed by atoms with Crippen molar-refractivity contribution < 1.29 is 23.1 Å². The summed E-state index contributed by atoms with van der Waals surface area (Å²) < 4.78 is 30.1. The minimum absolute atomic E-state index is 0.00344. The average molecular weight is 414 g/mol. The van der Waals surface area contributed by atoms with Gasteiger partial charge in [-0.05, 0) is 45.2 Å². The van der Waals surface area contributed by atoms with E-state index in [2.05, 4.69) is 10.6 Å². The van der Waals surface area contributed by atoms with Crippen LogP contribution in [-0.4, -0.2) is 38.5 Å². The van der Waals surface area contributed by atoms with Gasteiger partial charge in [-0.1, -0.05) is 29.0 Å². The third kappa shape index (κ3) is 3.66. The van der Waals surface area contributed by atoms with Crippen LogP contribution in [0.3, 0.4) is 0 Å². The zero-order chi connectivity index (χ0) is 19.8. The smallest absolute Gasteiger partial charge is 0.319 e. The molecule has 1 saturated heterocycles. The maximum Gasteiger partial charge on any atom is 0.319 e. The van der Waals surface area contributed by atoms with Crippen molar-refractivity contribution in [2.45, 2.75) is 48.8 Å². The lowest BCUT2D eigenvalue weighted by Crippen LogP contribution is -2.38. The predicted molar refractivity (Wildman–Crippen MR) is 101 cm³/mol. The van der Waals surface area contributed by atoms with Crippen molar-refractivity contribution in [3.63, 3.8) is 0 Å². The standard InChI is InChI=1S/C18H23ClN2O5S/c1-11-4-3-5-13(11)20-17(23)21-14-7-6-12(19)16(15(14)22)27(24,25)18(2)8-9-26-10-18/h4,6-7,13,22H,3,5,8-10H2,1-2H3,(H2,20,21,23)/p-1/t13-,18+/m1/s1. The molecule has 1 aromatic rings. The van der Waals surface area contributed by atoms with Gasteiger partial charge in [-0.2, -0.15) is 0 Å². The highest BCUT2D eigenvalue weighted by Crippen LogP contribution is 2.42. The van der Waals surface area contributed by atoms with Gasteiger partial charge in [-0.15, -0.1) is 0 Å². The number of rotatable bonds is 4. The molecular formula is C18H22ClN2O5S-. The largest absolute Gasteiger partial charge is 0.870 e. The molecule has 2 aliphatic rings. The number of ether oxygens (including phenoxy) is 1. The maximum atomic E-state index is 13.1. The van der Waals surface area contributed by atoms with E-state index < -0.39 is 31.3 Å². The highest BCUT2D eigenvalue weighted by atomic mass is 35.5. The topological polar surface area (TPSA) is 108 Å². The molecule has 1 heterocycles. The molecule has 0 unspecified atom stereocenters. The molecule has 0 bridgehead atoms. The molecule has 0 radical (unpaired) electrons. The lowest BCUT2D eigenvalue weighted by molar-refractivity contribution is -0.271. The average Bonchev–Trinajstić information content (AvgIpc) is 3.20. The van der Waals surface area contributed by atoms with Crippen molar-refractivity contribution in [2.24, 2.45) is 0 Å². The first-order valence-corrected chi connectivity index (χ1v) is 10.6. The Morgan fingerprint density at radius 2 is 2.15 bits per heavy atom. The number of hydrogen-bond acceptors (Lipinski definition) is 5. The molecule has 1 aliphatic heterocycles. The van der Waals surface area contributed by atoms with Gasteiger partial charge in [-0.3, -0.25) is 0 Å². The lowest BCUT2D eigenvalue weighted by atomic mass is 10.1. The van der Waals surface area contributed by atoms with Gasteiger partial charge in [0.15, 0.2) is 9.84 Å². The molecular weight excluding hydrogens is 392 g/mol. The highest BCUT2D eigenvalue weighted by Gasteiger charge is 2.45. The number of urea groups is 1. The molecule has 27 heavy (non-hydrogen) atoms. The highest BCUT2D eigenvalue weighted by molar-refractivity contribution is 7.93. The quantitative estimate of drug-likeness (QED) is 0.737. The molecule has 1 aliphatic carbocycles. The number of sulfone groups is 1. The van der Waals surface area contributed by atoms with Gasteiger partial charge in [0, 0.05) is 12.3 Å². The Morgan fingerprint density at radius 1 is 1.41 bits per heavy atom. The van der Waals surface area contributed by atoms with Crippen LogP contribution in [0, 0.1) is 0 Å². The Hall–Kier alpha value is -1.77. The van der Waals surface area contributed by atoms with Crippen LogP contribution in [0.2, 0.25) is 5.02 Å². The van der Waals surface area contributed by atoms with Crippen molar-refractivity contribution in [2.75, 3.05) is 18.5 Å². The van der Waals surface area contributed by atoms with Gasteiger partial charge in [0.05, 0.1) is 27.3 Å². The van der Waals surface area contributed by atoms with E-state index in [0.29, 0.717) is 6.61 Å². The van der Waals surface area contributed by atoms with Crippen molar-refractivity contribution in [3.8, 4) is 5.75 Å². The zero-order valence-corrected chi connectivity index (χ0v) is 16.7. The summed E-state index contributed by atoms with van der Waals surface area (Å²) in [6.07, 6.45) is 3.99. The normalized spacial score (nSPS) is 25.3. The molecule has 148 valence electrons. The first-order chi connectivity index (χ1) is 12.7. The van der Waals surface area contributed by atoms with Gasteiger partial charge in [-0.25, -0.2) is 13.2 Å². The lowest BCUT2D eigenvalue weighted by Gasteiger charge is -2.28. The summed E-state index contributed by atoms with van der Waals surface area (Å²) in [7, 11) is -4.04. The Kier molecular flexibility index (Phi) is 5.42. The maximum absolute atomic E-state index is 13.1. The van der Waals surface area contributed by atoms with Crippen LogP contribution in [0.25, 0.3) is 0 Å². The van der Waals surface area contributed by atoms with E-state index in [9.17, 15) is 18.3 Å². The van der Waals surface area contributed by atoms with E-state index >= 15 is 0 Å². The van der Waals surface area contributed by atoms with Gasteiger partial charge < -0.3 is 20.5 Å². The van der Waals surface area contributed by atoms with Crippen molar-refractivity contribution in [1.29, 1.82) is 0 Å². The minimum atomic E-state index is -4.04. The van der Waals surface area contributed by atoms with Gasteiger partial charge >= 0.3 is 6.03 Å². The summed E-state index contributed by atoms with van der Waals surface area (Å²) in [5.41, 5.74) is 0.929. The van der Waals surface area contributed by atoms with E-state index in [1.807, 2.05) is 13.0 Å². The molecule has 2 N–H and O–H groups in total. The number of hydrogen-bond donors (Lipinski definition) is 2. The molecule has 3 rings (SSSR count). The third-order valence-electron chi connectivity index (χ3n) is 5.19. The number of amides is 2. The van der Waals surface area contributed by atoms with Crippen molar-refractivity contribution >= 4 is 33.2 Å². The molecule has 0 spiro atoms. The monoisotopic (exact) mass is 413 g/mol. The number of allylic oxidation sites excluding steroid dienone is 1. The second-order valence-corrected chi connectivity index (χ2v) is 9.99. The van der Waals surface area contributed by atoms with Gasteiger partial charge in [0.1, 0.15) is 0 Å². The van der Waals surface area contributed by atoms with Crippen LogP contribution in [0.4, 0.5) is 10.5 Å². The van der Waals surface area contributed by atoms with Crippen LogP contribution >= 0.6 is 11.6 Å². The van der Waals surface area contributed by atoms with Gasteiger partial charge in [0.2, 0.25) is 0 Å². The Labute approximate surface area is 163 Å². The number of halogens is 1. The Morgan fingerprint density at radius 3 is 2.74 bits per heavy atom. The molecule has 1 fully saturated rings. The number of carbonyl (C=O) groups excluding carboxylic acids is 1. The van der Waals surface area contributed by atoms with Gasteiger partial charge in [0.25, 0.3) is 0 Å². The third-order valence-corrected chi connectivity index (χ3v) is 8.18. The molecule has 0 saturated carbocycles. The summed E-state index contributed by atoms with van der Waals surface area (Å²) in [6.45, 7) is 3.76. The predicted octanol–water partition coefficient (Wildman–Crippen LogP) is 2.60. The van der Waals surface area contributed by atoms with Crippen LogP contribution < -0.4 is 15.7 Å². The fourth-order valence-electron chi connectivity index (χ4n) is 3.34. The summed E-state index contributed by atoms with van der Waals surface area (Å²) in [5, 5.41) is 17.9. The van der Waals surface area contributed by atoms with Crippen molar-refractivity contribution in [1.82, 2.24) is 5.32 Å².